The van der Waals surface area contributed by atoms with Gasteiger partial charge in [-0.1, -0.05) is 12.1 Å². The van der Waals surface area contributed by atoms with Gasteiger partial charge in [-0.25, -0.2) is 0 Å². The Hall–Kier alpha value is -3.68. The van der Waals surface area contributed by atoms with Crippen LogP contribution in [-0.4, -0.2) is 31.0 Å². The van der Waals surface area contributed by atoms with E-state index in [9.17, 15) is 9.59 Å². The summed E-state index contributed by atoms with van der Waals surface area (Å²) in [6.07, 6.45) is 3.71. The summed E-state index contributed by atoms with van der Waals surface area (Å²) in [5.41, 5.74) is 2.34. The van der Waals surface area contributed by atoms with Crippen molar-refractivity contribution >= 4 is 34.1 Å². The molecule has 0 aliphatic heterocycles. The zero-order valence-corrected chi connectivity index (χ0v) is 15.6. The monoisotopic (exact) mass is 376 g/mol. The first-order valence-corrected chi connectivity index (χ1v) is 8.97. The first-order chi connectivity index (χ1) is 13.5. The van der Waals surface area contributed by atoms with Crippen molar-refractivity contribution in [3.63, 3.8) is 0 Å². The number of nitrogens with one attached hydrogen (secondary N) is 2. The molecule has 4 aromatic rings. The van der Waals surface area contributed by atoms with E-state index in [-0.39, 0.29) is 24.4 Å². The Labute approximate surface area is 161 Å². The fourth-order valence-corrected chi connectivity index (χ4v) is 3.32. The number of carbonyl (C=O) groups excluding carboxylic acids is 2. The van der Waals surface area contributed by atoms with Crippen molar-refractivity contribution in [2.75, 3.05) is 5.32 Å². The van der Waals surface area contributed by atoms with E-state index in [4.69, 9.17) is 0 Å². The molecule has 0 saturated carbocycles. The smallest absolute Gasteiger partial charge is 0.240 e. The van der Waals surface area contributed by atoms with Crippen LogP contribution in [0.15, 0.2) is 54.9 Å². The number of carbonyl (C=O) groups is 2. The predicted molar refractivity (Wildman–Crippen MR) is 106 cm³/mol. The van der Waals surface area contributed by atoms with Crippen LogP contribution in [0, 0.1) is 0 Å². The fourth-order valence-electron chi connectivity index (χ4n) is 3.32. The molecule has 0 bridgehead atoms. The molecule has 0 fully saturated rings. The van der Waals surface area contributed by atoms with Gasteiger partial charge in [0.1, 0.15) is 6.54 Å². The number of fused-ring (bicyclic) bond motifs is 2. The highest BCUT2D eigenvalue weighted by molar-refractivity contribution is 6.01. The van der Waals surface area contributed by atoms with Gasteiger partial charge in [0.2, 0.25) is 11.8 Å². The molecule has 3 heterocycles. The van der Waals surface area contributed by atoms with E-state index in [1.54, 1.807) is 0 Å². The minimum absolute atomic E-state index is 0.132. The Balaban J connectivity index is 1.51. The third kappa shape index (κ3) is 3.32. The van der Waals surface area contributed by atoms with Gasteiger partial charge in [-0.3, -0.25) is 14.0 Å². The number of aromatic nitrogens is 4. The van der Waals surface area contributed by atoms with E-state index in [1.165, 1.54) is 6.92 Å². The Bertz CT molecular complexity index is 1180. The van der Waals surface area contributed by atoms with E-state index in [0.717, 1.165) is 22.2 Å². The van der Waals surface area contributed by atoms with Crippen molar-refractivity contribution < 1.29 is 9.59 Å². The molecule has 3 aromatic heterocycles. The molecule has 28 heavy (non-hydrogen) atoms. The number of nitrogens with zero attached hydrogens (tertiary/aromatic N) is 4. The molecule has 0 aliphatic carbocycles. The summed E-state index contributed by atoms with van der Waals surface area (Å²) in [4.78, 5) is 24.0. The lowest BCUT2D eigenvalue weighted by Crippen LogP contribution is -2.31. The Kier molecular flexibility index (Phi) is 4.52. The van der Waals surface area contributed by atoms with Gasteiger partial charge < -0.3 is 15.2 Å². The largest absolute Gasteiger partial charge is 0.345 e. The minimum Gasteiger partial charge on any atom is -0.345 e. The van der Waals surface area contributed by atoms with E-state index in [0.29, 0.717) is 5.82 Å². The molecule has 1 atom stereocenters. The van der Waals surface area contributed by atoms with E-state index in [2.05, 4.69) is 20.8 Å². The number of hydrogen-bond acceptors (Lipinski definition) is 4. The van der Waals surface area contributed by atoms with Crippen LogP contribution in [0.4, 0.5) is 5.69 Å². The molecular formula is C20H20N6O2. The highest BCUT2D eigenvalue weighted by Gasteiger charge is 2.16. The molecule has 4 rings (SSSR count). The van der Waals surface area contributed by atoms with Crippen LogP contribution in [0.2, 0.25) is 0 Å². The van der Waals surface area contributed by atoms with Crippen LogP contribution in [0.5, 0.6) is 0 Å². The Morgan fingerprint density at radius 1 is 1.07 bits per heavy atom. The van der Waals surface area contributed by atoms with Crippen molar-refractivity contribution in [3.05, 3.63) is 60.7 Å². The third-order valence-corrected chi connectivity index (χ3v) is 4.54. The number of pyridine rings is 1. The van der Waals surface area contributed by atoms with Gasteiger partial charge in [0, 0.05) is 24.7 Å². The van der Waals surface area contributed by atoms with Gasteiger partial charge in [-0.2, -0.15) is 0 Å². The maximum absolute atomic E-state index is 12.6. The number of benzene rings is 1. The van der Waals surface area contributed by atoms with Crippen LogP contribution in [0.1, 0.15) is 25.7 Å². The highest BCUT2D eigenvalue weighted by Crippen LogP contribution is 2.24. The lowest BCUT2D eigenvalue weighted by Gasteiger charge is -2.13. The number of rotatable bonds is 5. The van der Waals surface area contributed by atoms with E-state index >= 15 is 0 Å². The lowest BCUT2D eigenvalue weighted by atomic mass is 10.2. The van der Waals surface area contributed by atoms with E-state index < -0.39 is 0 Å². The Morgan fingerprint density at radius 3 is 2.75 bits per heavy atom. The van der Waals surface area contributed by atoms with Gasteiger partial charge in [0.15, 0.2) is 11.5 Å². The zero-order chi connectivity index (χ0) is 19.7. The molecule has 142 valence electrons. The van der Waals surface area contributed by atoms with Crippen LogP contribution in [0.3, 0.4) is 0 Å². The topological polar surface area (TPSA) is 93.3 Å². The van der Waals surface area contributed by atoms with E-state index in [1.807, 2.05) is 70.7 Å². The van der Waals surface area contributed by atoms with Gasteiger partial charge in [0.05, 0.1) is 17.2 Å². The quantitative estimate of drug-likeness (QED) is 0.560. The number of hydrogen-bond donors (Lipinski definition) is 2. The van der Waals surface area contributed by atoms with Crippen molar-refractivity contribution in [2.24, 2.45) is 0 Å². The van der Waals surface area contributed by atoms with Crippen LogP contribution in [-0.2, 0) is 16.1 Å². The molecule has 0 saturated heterocycles. The van der Waals surface area contributed by atoms with Gasteiger partial charge >= 0.3 is 0 Å². The normalized spacial score (nSPS) is 12.2. The number of anilines is 1. The molecule has 2 N–H and O–H groups in total. The molecule has 1 aromatic carbocycles. The third-order valence-electron chi connectivity index (χ3n) is 4.54. The maximum atomic E-state index is 12.6. The van der Waals surface area contributed by atoms with Gasteiger partial charge in [-0.05, 0) is 37.3 Å². The summed E-state index contributed by atoms with van der Waals surface area (Å²) in [6.45, 7) is 3.51. The van der Waals surface area contributed by atoms with Gasteiger partial charge in [-0.15, -0.1) is 10.2 Å². The van der Waals surface area contributed by atoms with Gasteiger partial charge in [0.25, 0.3) is 0 Å². The average Bonchev–Trinajstić information content (AvgIpc) is 3.26. The molecule has 0 radical (unpaired) electrons. The molecule has 0 unspecified atom stereocenters. The molecule has 0 spiro atoms. The number of amides is 2. The average molecular weight is 376 g/mol. The summed E-state index contributed by atoms with van der Waals surface area (Å²) in [5.74, 6) is 0.407. The van der Waals surface area contributed by atoms with Crippen molar-refractivity contribution in [1.29, 1.82) is 0 Å². The predicted octanol–water partition coefficient (Wildman–Crippen LogP) is 2.52. The second-order valence-corrected chi connectivity index (χ2v) is 6.64. The minimum atomic E-state index is -0.290. The van der Waals surface area contributed by atoms with Crippen LogP contribution < -0.4 is 10.6 Å². The lowest BCUT2D eigenvalue weighted by molar-refractivity contribution is -0.122. The molecular weight excluding hydrogens is 356 g/mol. The SMILES string of the molecule is CC(=O)Nc1cccc2c1ccn2CC(=O)N[C@@H](C)c1nnc2ccccn12. The summed E-state index contributed by atoms with van der Waals surface area (Å²) < 4.78 is 3.71. The summed E-state index contributed by atoms with van der Waals surface area (Å²) in [6, 6.07) is 12.9. The highest BCUT2D eigenvalue weighted by atomic mass is 16.2. The second-order valence-electron chi connectivity index (χ2n) is 6.64. The zero-order valence-electron chi connectivity index (χ0n) is 15.6. The summed E-state index contributed by atoms with van der Waals surface area (Å²) in [7, 11) is 0. The molecule has 8 heteroatoms. The molecule has 2 amide bonds. The molecule has 0 aliphatic rings. The van der Waals surface area contributed by atoms with Crippen molar-refractivity contribution in [2.45, 2.75) is 26.4 Å². The first-order valence-electron chi connectivity index (χ1n) is 8.97. The first kappa shape index (κ1) is 17.7. The fraction of sp³-hybridized carbons (Fsp3) is 0.200. The second kappa shape index (κ2) is 7.15. The maximum Gasteiger partial charge on any atom is 0.240 e. The van der Waals surface area contributed by atoms with Crippen molar-refractivity contribution in [3.8, 4) is 0 Å². The van der Waals surface area contributed by atoms with Crippen molar-refractivity contribution in [1.82, 2.24) is 24.5 Å². The molecule has 8 nitrogen and oxygen atoms in total. The van der Waals surface area contributed by atoms with Crippen LogP contribution >= 0.6 is 0 Å². The summed E-state index contributed by atoms with van der Waals surface area (Å²) in [5, 5.41) is 15.0. The standard InChI is InChI=1S/C20H20N6O2/c1-13(20-24-23-18-8-3-4-10-26(18)20)21-19(28)12-25-11-9-15-16(22-14(2)27)6-5-7-17(15)25/h3-11,13H,12H2,1-2H3,(H,21,28)(H,22,27)/t13-/m0/s1. The van der Waals surface area contributed by atoms with Crippen LogP contribution in [0.25, 0.3) is 16.6 Å². The Morgan fingerprint density at radius 2 is 1.93 bits per heavy atom. The summed E-state index contributed by atoms with van der Waals surface area (Å²) >= 11 is 0.